The smallest absolute Gasteiger partial charge is 0.404 e. The van der Waals surface area contributed by atoms with Gasteiger partial charge in [0.2, 0.25) is 5.95 Å². The maximum Gasteiger partial charge on any atom is 0.404 e. The predicted molar refractivity (Wildman–Crippen MR) is 55.5 cm³/mol. The van der Waals surface area contributed by atoms with Gasteiger partial charge >= 0.3 is 6.09 Å². The minimum Gasteiger partial charge on any atom is -0.448 e. The lowest BCUT2D eigenvalue weighted by Crippen LogP contribution is -2.19. The predicted octanol–water partition coefficient (Wildman–Crippen LogP) is 0.164. The normalized spacial score (nSPS) is 9.25. The van der Waals surface area contributed by atoms with Crippen LogP contribution in [0.2, 0.25) is 0 Å². The van der Waals surface area contributed by atoms with E-state index in [2.05, 4.69) is 20.0 Å². The number of amides is 1. The van der Waals surface area contributed by atoms with Gasteiger partial charge in [-0.25, -0.2) is 14.8 Å². The maximum absolute atomic E-state index is 10.3. The third kappa shape index (κ3) is 3.79. The van der Waals surface area contributed by atoms with Gasteiger partial charge in [-0.05, 0) is 13.0 Å². The monoisotopic (exact) mass is 221 g/mol. The number of nitrogens with two attached hydrogens (primary N) is 1. The standard InChI is InChI=1S/C9H11N5O2/c1-6-4-7(5-10)14-9(13-6)12-2-3-16-8(11)15/h4H,2-3H2,1H3,(H2,11,15)(H,12,13,14). The maximum atomic E-state index is 10.3. The molecule has 0 atom stereocenters. The molecule has 7 heteroatoms. The summed E-state index contributed by atoms with van der Waals surface area (Å²) >= 11 is 0. The third-order valence-corrected chi connectivity index (χ3v) is 1.60. The second-order valence-electron chi connectivity index (χ2n) is 2.92. The van der Waals surface area contributed by atoms with E-state index in [1.54, 1.807) is 13.0 Å². The van der Waals surface area contributed by atoms with E-state index in [9.17, 15) is 4.79 Å². The Bertz CT molecular complexity index is 426. The van der Waals surface area contributed by atoms with Crippen LogP contribution in [-0.4, -0.2) is 29.2 Å². The van der Waals surface area contributed by atoms with Crippen molar-refractivity contribution in [2.75, 3.05) is 18.5 Å². The summed E-state index contributed by atoms with van der Waals surface area (Å²) in [5.41, 5.74) is 5.75. The molecule has 0 radical (unpaired) electrons. The molecule has 0 aromatic carbocycles. The van der Waals surface area contributed by atoms with Crippen molar-refractivity contribution in [3.63, 3.8) is 0 Å². The SMILES string of the molecule is Cc1cc(C#N)nc(NCCOC(N)=O)n1. The fourth-order valence-electron chi connectivity index (χ4n) is 1.02. The van der Waals surface area contributed by atoms with Gasteiger partial charge in [0.15, 0.2) is 0 Å². The van der Waals surface area contributed by atoms with Crippen LogP contribution in [0.3, 0.4) is 0 Å². The molecule has 0 fully saturated rings. The zero-order chi connectivity index (χ0) is 12.0. The molecule has 0 saturated carbocycles. The Kier molecular flexibility index (Phi) is 4.03. The first-order valence-corrected chi connectivity index (χ1v) is 4.53. The number of ether oxygens (including phenoxy) is 1. The van der Waals surface area contributed by atoms with Crippen molar-refractivity contribution >= 4 is 12.0 Å². The van der Waals surface area contributed by atoms with Crippen LogP contribution in [-0.2, 0) is 4.74 Å². The van der Waals surface area contributed by atoms with Crippen molar-refractivity contribution in [1.82, 2.24) is 9.97 Å². The molecule has 0 saturated heterocycles. The average Bonchev–Trinajstić information content (AvgIpc) is 2.23. The van der Waals surface area contributed by atoms with Crippen LogP contribution in [0.5, 0.6) is 0 Å². The molecule has 1 rings (SSSR count). The average molecular weight is 221 g/mol. The fourth-order valence-corrected chi connectivity index (χ4v) is 1.02. The van der Waals surface area contributed by atoms with Gasteiger partial charge in [0, 0.05) is 5.69 Å². The minimum absolute atomic E-state index is 0.120. The quantitative estimate of drug-likeness (QED) is 0.700. The molecule has 1 aromatic rings. The van der Waals surface area contributed by atoms with Gasteiger partial charge in [-0.1, -0.05) is 0 Å². The van der Waals surface area contributed by atoms with E-state index in [1.165, 1.54) is 0 Å². The Morgan fingerprint density at radius 1 is 1.69 bits per heavy atom. The summed E-state index contributed by atoms with van der Waals surface area (Å²) in [5, 5.41) is 11.5. The largest absolute Gasteiger partial charge is 0.448 e. The molecule has 0 aliphatic carbocycles. The van der Waals surface area contributed by atoms with E-state index in [-0.39, 0.29) is 12.3 Å². The number of nitriles is 1. The molecular formula is C9H11N5O2. The van der Waals surface area contributed by atoms with Crippen molar-refractivity contribution in [3.8, 4) is 6.07 Å². The second-order valence-corrected chi connectivity index (χ2v) is 2.92. The molecule has 3 N–H and O–H groups in total. The van der Waals surface area contributed by atoms with Crippen LogP contribution in [0, 0.1) is 18.3 Å². The van der Waals surface area contributed by atoms with Crippen LogP contribution < -0.4 is 11.1 Å². The van der Waals surface area contributed by atoms with Crippen molar-refractivity contribution in [1.29, 1.82) is 5.26 Å². The summed E-state index contributed by atoms with van der Waals surface area (Å²) in [7, 11) is 0. The Hall–Kier alpha value is -2.36. The van der Waals surface area contributed by atoms with Gasteiger partial charge in [-0.2, -0.15) is 5.26 Å². The van der Waals surface area contributed by atoms with E-state index in [0.29, 0.717) is 18.2 Å². The number of hydrogen-bond acceptors (Lipinski definition) is 6. The molecular weight excluding hydrogens is 210 g/mol. The van der Waals surface area contributed by atoms with Gasteiger partial charge < -0.3 is 15.8 Å². The summed E-state index contributed by atoms with van der Waals surface area (Å²) in [5.74, 6) is 0.324. The van der Waals surface area contributed by atoms with E-state index >= 15 is 0 Å². The third-order valence-electron chi connectivity index (χ3n) is 1.60. The van der Waals surface area contributed by atoms with E-state index in [1.807, 2.05) is 6.07 Å². The summed E-state index contributed by atoms with van der Waals surface area (Å²) in [6.07, 6.45) is -0.829. The molecule has 0 spiro atoms. The van der Waals surface area contributed by atoms with Crippen molar-refractivity contribution in [2.24, 2.45) is 5.73 Å². The first-order chi connectivity index (χ1) is 7.61. The van der Waals surface area contributed by atoms with Crippen molar-refractivity contribution in [3.05, 3.63) is 17.5 Å². The molecule has 0 aliphatic heterocycles. The van der Waals surface area contributed by atoms with Crippen LogP contribution in [0.25, 0.3) is 0 Å². The van der Waals surface area contributed by atoms with E-state index < -0.39 is 6.09 Å². The summed E-state index contributed by atoms with van der Waals surface area (Å²) in [6.45, 7) is 2.21. The first-order valence-electron chi connectivity index (χ1n) is 4.53. The number of anilines is 1. The number of nitrogens with one attached hydrogen (secondary N) is 1. The highest BCUT2D eigenvalue weighted by Gasteiger charge is 2.01. The number of aryl methyl sites for hydroxylation is 1. The van der Waals surface area contributed by atoms with Crippen LogP contribution in [0.1, 0.15) is 11.4 Å². The lowest BCUT2D eigenvalue weighted by molar-refractivity contribution is 0.161. The fraction of sp³-hybridized carbons (Fsp3) is 0.333. The highest BCUT2D eigenvalue weighted by molar-refractivity contribution is 5.64. The lowest BCUT2D eigenvalue weighted by Gasteiger charge is -2.05. The zero-order valence-corrected chi connectivity index (χ0v) is 8.73. The van der Waals surface area contributed by atoms with Gasteiger partial charge in [0.1, 0.15) is 18.4 Å². The van der Waals surface area contributed by atoms with Gasteiger partial charge in [-0.15, -0.1) is 0 Å². The number of rotatable bonds is 4. The highest BCUT2D eigenvalue weighted by Crippen LogP contribution is 2.03. The Balaban J connectivity index is 2.51. The Morgan fingerprint density at radius 2 is 2.44 bits per heavy atom. The Labute approximate surface area is 92.3 Å². The summed E-state index contributed by atoms with van der Waals surface area (Å²) < 4.78 is 4.51. The summed E-state index contributed by atoms with van der Waals surface area (Å²) in [6, 6.07) is 3.49. The van der Waals surface area contributed by atoms with Crippen molar-refractivity contribution < 1.29 is 9.53 Å². The first kappa shape index (κ1) is 11.7. The van der Waals surface area contributed by atoms with Gasteiger partial charge in [0.05, 0.1) is 6.54 Å². The van der Waals surface area contributed by atoms with Crippen molar-refractivity contribution in [2.45, 2.75) is 6.92 Å². The molecule has 84 valence electrons. The number of carbonyl (C=O) groups excluding carboxylic acids is 1. The number of aromatic nitrogens is 2. The van der Waals surface area contributed by atoms with Gasteiger partial charge in [0.25, 0.3) is 0 Å². The lowest BCUT2D eigenvalue weighted by atomic mass is 10.3. The van der Waals surface area contributed by atoms with E-state index in [4.69, 9.17) is 11.0 Å². The van der Waals surface area contributed by atoms with Crippen LogP contribution >= 0.6 is 0 Å². The molecule has 1 aromatic heterocycles. The molecule has 7 nitrogen and oxygen atoms in total. The van der Waals surface area contributed by atoms with Gasteiger partial charge in [-0.3, -0.25) is 0 Å². The number of hydrogen-bond donors (Lipinski definition) is 2. The molecule has 16 heavy (non-hydrogen) atoms. The molecule has 1 amide bonds. The second kappa shape index (κ2) is 5.50. The number of primary amides is 1. The minimum atomic E-state index is -0.829. The summed E-state index contributed by atoms with van der Waals surface area (Å²) in [4.78, 5) is 18.2. The topological polar surface area (TPSA) is 114 Å². The molecule has 1 heterocycles. The zero-order valence-electron chi connectivity index (χ0n) is 8.73. The number of carbonyl (C=O) groups is 1. The molecule has 0 bridgehead atoms. The number of nitrogens with zero attached hydrogens (tertiary/aromatic N) is 3. The molecule has 0 aliphatic rings. The van der Waals surface area contributed by atoms with E-state index in [0.717, 1.165) is 0 Å². The van der Waals surface area contributed by atoms with Crippen LogP contribution in [0.4, 0.5) is 10.7 Å². The Morgan fingerprint density at radius 3 is 3.06 bits per heavy atom. The molecule has 0 unspecified atom stereocenters. The highest BCUT2D eigenvalue weighted by atomic mass is 16.5. The van der Waals surface area contributed by atoms with Crippen LogP contribution in [0.15, 0.2) is 6.07 Å².